The van der Waals surface area contributed by atoms with Crippen LogP contribution in [0.3, 0.4) is 0 Å². The molecule has 6 aliphatic heterocycles. The van der Waals surface area contributed by atoms with Gasteiger partial charge in [-0.1, -0.05) is 223 Å². The molecule has 6 aromatic carbocycles. The van der Waals surface area contributed by atoms with Crippen LogP contribution >= 0.6 is 34.8 Å². The van der Waals surface area contributed by atoms with Gasteiger partial charge in [0.2, 0.25) is 0 Å². The van der Waals surface area contributed by atoms with Gasteiger partial charge in [-0.15, -0.1) is 6.58 Å². The predicted molar refractivity (Wildman–Crippen MR) is 427 cm³/mol. The highest BCUT2D eigenvalue weighted by Crippen LogP contribution is 2.44. The van der Waals surface area contributed by atoms with E-state index in [1.807, 2.05) is 182 Å². The zero-order valence-electron chi connectivity index (χ0n) is 67.6. The maximum Gasteiger partial charge on any atom is 0.303 e. The zero-order valence-corrected chi connectivity index (χ0v) is 69.8. The standard InChI is InChI=1S/C88H104Cl3NO27/c1-11-42-99-82-78(74(67(51(2)106-82)100-44-59-32-20-13-21-33-59)116-83-77(104-48-63-40-28-17-29-41-63)73(103-47-62-38-26-16-27-39-62)70(102-46-61-36-24-15-25-37-61)64(114-83)49-98-43-58-30-18-12-19-31-58)118-81-66(92-86(97)88(89,90)91)72(71-65(113-81)50-105-87(9,10)119-71)115-84-79(111-56(7)95)75(68(52(3)107-84)101-45-60-34-22-14-23-35-60)117-85-80(112-57(8)96)76(110-55(6)94)69(53(4)108-85)109-54(5)93/h11-41,51-53,64-85H,1,42-50H2,2-10H3,(H,92,97)/t51-,52-,53-,64+,65+,66+,67-,68-,69-,70+,71+,72+,73-,74+,75+,76+,77+,78+,79+,80+,81-,82+,83+,84-,85-/m0/s1. The number of hydrogen-bond donors (Lipinski definition) is 1. The highest BCUT2D eigenvalue weighted by atomic mass is 35.6. The lowest BCUT2D eigenvalue weighted by Crippen LogP contribution is -2.73. The van der Waals surface area contributed by atoms with Crippen LogP contribution in [0.5, 0.6) is 0 Å². The number of halogens is 3. The molecule has 644 valence electrons. The number of fused-ring (bicyclic) bond motifs is 1. The first-order valence-electron chi connectivity index (χ1n) is 39.7. The van der Waals surface area contributed by atoms with Crippen LogP contribution in [0.2, 0.25) is 0 Å². The minimum absolute atomic E-state index is 0.00632. The Morgan fingerprint density at radius 2 is 0.773 bits per heavy atom. The molecule has 12 rings (SSSR count). The zero-order chi connectivity index (χ0) is 84.3. The number of alkyl halides is 3. The fraction of sp³-hybridized carbons (Fsp3) is 0.511. The van der Waals surface area contributed by atoms with Crippen molar-refractivity contribution in [2.45, 2.75) is 265 Å². The molecule has 119 heavy (non-hydrogen) atoms. The van der Waals surface area contributed by atoms with Gasteiger partial charge >= 0.3 is 23.9 Å². The predicted octanol–water partition coefficient (Wildman–Crippen LogP) is 11.3. The largest absolute Gasteiger partial charge is 0.456 e. The molecule has 6 aromatic rings. The van der Waals surface area contributed by atoms with Gasteiger partial charge in [0.25, 0.3) is 9.70 Å². The topological polar surface area (TPSA) is 300 Å². The van der Waals surface area contributed by atoms with E-state index < -0.39 is 193 Å². The van der Waals surface area contributed by atoms with Crippen LogP contribution in [-0.2, 0) is 168 Å². The van der Waals surface area contributed by atoms with Gasteiger partial charge in [0.1, 0.15) is 79.3 Å². The molecule has 0 bridgehead atoms. The van der Waals surface area contributed by atoms with E-state index in [2.05, 4.69) is 11.9 Å². The van der Waals surface area contributed by atoms with Gasteiger partial charge in [-0.05, 0) is 68.0 Å². The van der Waals surface area contributed by atoms with Crippen molar-refractivity contribution >= 4 is 64.6 Å². The Morgan fingerprint density at radius 1 is 0.412 bits per heavy atom. The monoisotopic (exact) mass is 1710 g/mol. The molecule has 6 heterocycles. The Morgan fingerprint density at radius 3 is 1.22 bits per heavy atom. The van der Waals surface area contributed by atoms with Crippen LogP contribution in [-0.4, -0.2) is 213 Å². The van der Waals surface area contributed by atoms with Crippen molar-refractivity contribution in [3.8, 4) is 0 Å². The molecule has 0 saturated carbocycles. The van der Waals surface area contributed by atoms with Gasteiger partial charge in [0, 0.05) is 27.7 Å². The van der Waals surface area contributed by atoms with Crippen molar-refractivity contribution in [3.63, 3.8) is 0 Å². The smallest absolute Gasteiger partial charge is 0.303 e. The van der Waals surface area contributed by atoms with E-state index in [1.54, 1.807) is 27.7 Å². The normalized spacial score (nSPS) is 31.9. The van der Waals surface area contributed by atoms with Gasteiger partial charge in [0.05, 0.1) is 77.8 Å². The Bertz CT molecular complexity index is 4170. The first-order valence-corrected chi connectivity index (χ1v) is 40.8. The summed E-state index contributed by atoms with van der Waals surface area (Å²) >= 11 is 19.8. The molecule has 0 aromatic heterocycles. The molecular formula is C88H104Cl3NO27. The third-order valence-electron chi connectivity index (χ3n) is 20.6. The first-order chi connectivity index (χ1) is 57.3. The van der Waals surface area contributed by atoms with Gasteiger partial charge in [0.15, 0.2) is 61.7 Å². The lowest BCUT2D eigenvalue weighted by atomic mass is 9.93. The molecule has 25 atom stereocenters. The second kappa shape index (κ2) is 43.1. The van der Waals surface area contributed by atoms with E-state index in [0.29, 0.717) is 5.56 Å². The number of carbonyl (C=O) groups is 5. The van der Waals surface area contributed by atoms with E-state index in [0.717, 1.165) is 55.5 Å². The summed E-state index contributed by atoms with van der Waals surface area (Å²) in [6.07, 6.45) is -31.5. The average Bonchev–Trinajstić information content (AvgIpc) is 0.729. The summed E-state index contributed by atoms with van der Waals surface area (Å²) in [4.78, 5) is 68.0. The Balaban J connectivity index is 0.983. The molecule has 6 fully saturated rings. The number of amides is 1. The van der Waals surface area contributed by atoms with Crippen LogP contribution in [0.25, 0.3) is 0 Å². The van der Waals surface area contributed by atoms with E-state index in [-0.39, 0.29) is 59.5 Å². The molecule has 6 aliphatic rings. The Labute approximate surface area is 707 Å². The van der Waals surface area contributed by atoms with Crippen molar-refractivity contribution < 1.29 is 128 Å². The molecule has 0 spiro atoms. The fourth-order valence-electron chi connectivity index (χ4n) is 15.2. The number of ether oxygens (including phenoxy) is 22. The van der Waals surface area contributed by atoms with Crippen LogP contribution in [0, 0.1) is 0 Å². The quantitative estimate of drug-likeness (QED) is 0.0167. The number of benzene rings is 6. The third kappa shape index (κ3) is 24.9. The van der Waals surface area contributed by atoms with Crippen molar-refractivity contribution in [3.05, 3.63) is 228 Å². The summed E-state index contributed by atoms with van der Waals surface area (Å²) in [7, 11) is 0. The second-order valence-electron chi connectivity index (χ2n) is 30.1. The number of nitrogens with one attached hydrogen (secondary N) is 1. The highest BCUT2D eigenvalue weighted by Gasteiger charge is 2.62. The van der Waals surface area contributed by atoms with Gasteiger partial charge < -0.3 is 110 Å². The van der Waals surface area contributed by atoms with Crippen LogP contribution in [0.1, 0.15) is 95.7 Å². The van der Waals surface area contributed by atoms with E-state index in [1.165, 1.54) is 13.0 Å². The lowest BCUT2D eigenvalue weighted by molar-refractivity contribution is -0.417. The van der Waals surface area contributed by atoms with Gasteiger partial charge in [-0.2, -0.15) is 0 Å². The fourth-order valence-corrected chi connectivity index (χ4v) is 15.3. The first kappa shape index (κ1) is 90.8. The molecule has 1 N–H and O–H groups in total. The van der Waals surface area contributed by atoms with Gasteiger partial charge in [-0.3, -0.25) is 24.0 Å². The van der Waals surface area contributed by atoms with Crippen molar-refractivity contribution in [2.24, 2.45) is 0 Å². The molecule has 0 aliphatic carbocycles. The summed E-state index contributed by atoms with van der Waals surface area (Å²) < 4.78 is 147. The maximum atomic E-state index is 15.0. The SMILES string of the molecule is C=CCO[C@@H]1O[C@@H](C)[C@H](OCc2ccccc2)[C@@H](O[C@H]2O[C@H](COCc3ccccc3)[C@@H](OCc3ccccc3)[C@H](OCc3ccccc3)[C@H]2OCc2ccccc2)[C@H]1O[C@@H]1O[C@@H]2COC(C)(C)O[C@H]2[C@H](O[C@@H]2O[C@@H](C)[C@H](OCc3ccccc3)[C@@H](O[C@@H]3O[C@@H](C)[C@H](OC(C)=O)[C@@H](OC(C)=O)[C@H]3OC(C)=O)[C@H]2OC(C)=O)[C@H]1NC(=O)C(Cl)(Cl)Cl. The molecule has 28 nitrogen and oxygen atoms in total. The number of hydrogen-bond acceptors (Lipinski definition) is 27. The molecule has 31 heteroatoms. The van der Waals surface area contributed by atoms with Crippen molar-refractivity contribution in [1.29, 1.82) is 0 Å². The summed E-state index contributed by atoms with van der Waals surface area (Å²) in [5.74, 6) is -6.04. The molecule has 0 radical (unpaired) electrons. The lowest BCUT2D eigenvalue weighted by Gasteiger charge is -2.54. The molecule has 1 amide bonds. The van der Waals surface area contributed by atoms with E-state index in [4.69, 9.17) is 139 Å². The second-order valence-corrected chi connectivity index (χ2v) is 32.4. The number of carbonyl (C=O) groups excluding carboxylic acids is 5. The summed E-state index contributed by atoms with van der Waals surface area (Å²) in [6.45, 7) is 16.6. The van der Waals surface area contributed by atoms with E-state index >= 15 is 0 Å². The third-order valence-corrected chi connectivity index (χ3v) is 21.1. The minimum Gasteiger partial charge on any atom is -0.456 e. The van der Waals surface area contributed by atoms with E-state index in [9.17, 15) is 24.0 Å². The number of esters is 4. The van der Waals surface area contributed by atoms with Crippen LogP contribution in [0.4, 0.5) is 0 Å². The van der Waals surface area contributed by atoms with Gasteiger partial charge in [-0.25, -0.2) is 0 Å². The summed E-state index contributed by atoms with van der Waals surface area (Å²) in [6, 6.07) is 55.4. The average molecular weight is 1710 g/mol. The summed E-state index contributed by atoms with van der Waals surface area (Å²) in [5, 5.41) is 2.86. The maximum absolute atomic E-state index is 15.0. The van der Waals surface area contributed by atoms with Crippen molar-refractivity contribution in [1.82, 2.24) is 5.32 Å². The van der Waals surface area contributed by atoms with Crippen LogP contribution < -0.4 is 5.32 Å². The summed E-state index contributed by atoms with van der Waals surface area (Å²) in [5.41, 5.74) is 4.88. The molecule has 6 saturated heterocycles. The van der Waals surface area contributed by atoms with Crippen LogP contribution in [0.15, 0.2) is 195 Å². The highest BCUT2D eigenvalue weighted by molar-refractivity contribution is 6.76. The van der Waals surface area contributed by atoms with Crippen molar-refractivity contribution in [2.75, 3.05) is 19.8 Å². The molecular weight excluding hydrogens is 1610 g/mol. The number of rotatable bonds is 35. The Hall–Kier alpha value is -7.44. The minimum atomic E-state index is -2.72. The Kier molecular flexibility index (Phi) is 32.8. The molecule has 0 unspecified atom stereocenters.